The minimum absolute atomic E-state index is 0.252. The molecule has 1 N–H and O–H groups in total. The molecular formula is C20H14Cl2N4O2S2. The smallest absolute Gasteiger partial charge is 0.258 e. The Morgan fingerprint density at radius 3 is 2.83 bits per heavy atom. The quantitative estimate of drug-likeness (QED) is 0.326. The maximum Gasteiger partial charge on any atom is 0.258 e. The van der Waals surface area contributed by atoms with Crippen LogP contribution in [0.2, 0.25) is 10.0 Å². The van der Waals surface area contributed by atoms with Crippen LogP contribution in [-0.2, 0) is 5.75 Å². The number of carbonyl (C=O) groups excluding carboxylic acids is 1. The molecule has 0 atom stereocenters. The minimum Gasteiger partial charge on any atom is -0.338 e. The first-order valence-corrected chi connectivity index (χ1v) is 11.3. The van der Waals surface area contributed by atoms with E-state index in [1.165, 1.54) is 23.1 Å². The molecule has 152 valence electrons. The van der Waals surface area contributed by atoms with E-state index in [4.69, 9.17) is 27.7 Å². The summed E-state index contributed by atoms with van der Waals surface area (Å²) in [5.41, 5.74) is 1.90. The zero-order chi connectivity index (χ0) is 21.1. The van der Waals surface area contributed by atoms with Gasteiger partial charge >= 0.3 is 0 Å². The first-order valence-electron chi connectivity index (χ1n) is 8.73. The third kappa shape index (κ3) is 4.84. The van der Waals surface area contributed by atoms with E-state index in [0.29, 0.717) is 49.5 Å². The minimum atomic E-state index is -0.252. The van der Waals surface area contributed by atoms with Crippen molar-refractivity contribution in [3.63, 3.8) is 0 Å². The van der Waals surface area contributed by atoms with E-state index in [9.17, 15) is 4.79 Å². The Morgan fingerprint density at radius 2 is 2.03 bits per heavy atom. The summed E-state index contributed by atoms with van der Waals surface area (Å²) in [6.45, 7) is 1.76. The van der Waals surface area contributed by atoms with Crippen LogP contribution in [0.25, 0.3) is 11.3 Å². The number of halogens is 2. The molecule has 0 unspecified atom stereocenters. The van der Waals surface area contributed by atoms with Crippen LogP contribution < -0.4 is 5.32 Å². The average molecular weight is 477 g/mol. The first kappa shape index (κ1) is 20.9. The highest BCUT2D eigenvalue weighted by Crippen LogP contribution is 2.33. The average Bonchev–Trinajstić information content (AvgIpc) is 3.37. The van der Waals surface area contributed by atoms with Gasteiger partial charge < -0.3 is 4.52 Å². The molecule has 0 aliphatic rings. The Bertz CT molecular complexity index is 1210. The van der Waals surface area contributed by atoms with E-state index in [1.54, 1.807) is 31.2 Å². The lowest BCUT2D eigenvalue weighted by atomic mass is 10.2. The van der Waals surface area contributed by atoms with E-state index >= 15 is 0 Å². The Hall–Kier alpha value is -2.39. The van der Waals surface area contributed by atoms with Crippen molar-refractivity contribution in [1.29, 1.82) is 0 Å². The lowest BCUT2D eigenvalue weighted by Crippen LogP contribution is -2.12. The van der Waals surface area contributed by atoms with Gasteiger partial charge in [-0.2, -0.15) is 4.98 Å². The molecule has 2 aromatic heterocycles. The molecule has 0 radical (unpaired) electrons. The van der Waals surface area contributed by atoms with Crippen molar-refractivity contribution in [2.45, 2.75) is 17.6 Å². The number of nitrogens with one attached hydrogen (secondary N) is 1. The van der Waals surface area contributed by atoms with E-state index in [2.05, 4.69) is 20.4 Å². The van der Waals surface area contributed by atoms with Gasteiger partial charge in [0.25, 0.3) is 5.91 Å². The predicted molar refractivity (Wildman–Crippen MR) is 121 cm³/mol. The second-order valence-corrected chi connectivity index (χ2v) is 8.86. The van der Waals surface area contributed by atoms with E-state index in [1.807, 2.05) is 23.6 Å². The van der Waals surface area contributed by atoms with Crippen molar-refractivity contribution in [3.8, 4) is 11.3 Å². The lowest BCUT2D eigenvalue weighted by molar-refractivity contribution is 0.102. The molecule has 4 rings (SSSR count). The number of amides is 1. The summed E-state index contributed by atoms with van der Waals surface area (Å²) in [4.78, 5) is 22.3. The lowest BCUT2D eigenvalue weighted by Gasteiger charge is -2.07. The van der Waals surface area contributed by atoms with Crippen LogP contribution in [0.15, 0.2) is 57.3 Å². The normalized spacial score (nSPS) is 10.9. The maximum absolute atomic E-state index is 12.9. The van der Waals surface area contributed by atoms with Crippen molar-refractivity contribution >= 4 is 57.3 Å². The Kier molecular flexibility index (Phi) is 6.38. The van der Waals surface area contributed by atoms with Crippen LogP contribution in [0.3, 0.4) is 0 Å². The van der Waals surface area contributed by atoms with Gasteiger partial charge in [0, 0.05) is 20.9 Å². The number of nitrogens with zero attached hydrogens (tertiary/aromatic N) is 3. The number of carbonyl (C=O) groups is 1. The molecule has 30 heavy (non-hydrogen) atoms. The van der Waals surface area contributed by atoms with Gasteiger partial charge in [-0.25, -0.2) is 4.98 Å². The molecule has 0 aliphatic heterocycles. The molecular weight excluding hydrogens is 463 g/mol. The van der Waals surface area contributed by atoms with Crippen molar-refractivity contribution in [2.24, 2.45) is 0 Å². The number of benzene rings is 2. The molecule has 4 aromatic rings. The number of hydrogen-bond donors (Lipinski definition) is 1. The number of aromatic nitrogens is 3. The fourth-order valence-corrected chi connectivity index (χ4v) is 4.61. The maximum atomic E-state index is 12.9. The van der Waals surface area contributed by atoms with Gasteiger partial charge in [-0.15, -0.1) is 23.1 Å². The van der Waals surface area contributed by atoms with Gasteiger partial charge in [0.1, 0.15) is 0 Å². The zero-order valence-corrected chi connectivity index (χ0v) is 18.7. The van der Waals surface area contributed by atoms with Gasteiger partial charge in [-0.1, -0.05) is 40.5 Å². The molecule has 0 spiro atoms. The van der Waals surface area contributed by atoms with Gasteiger partial charge in [0.05, 0.1) is 22.0 Å². The summed E-state index contributed by atoms with van der Waals surface area (Å²) < 4.78 is 5.13. The van der Waals surface area contributed by atoms with Crippen LogP contribution in [0, 0.1) is 6.92 Å². The summed E-state index contributed by atoms with van der Waals surface area (Å²) in [5.74, 6) is 1.31. The standard InChI is InChI=1S/C20H14Cl2N4O2S2/c1-11-23-18(28-26-11)10-29-17-5-3-2-4-13(17)19(27)25-20-24-16(9-30-20)14-8-12(21)6-7-15(14)22/h2-9H,10H2,1H3,(H,24,25,27). The molecule has 2 aromatic carbocycles. The third-order valence-corrected chi connectivity index (χ3v) is 6.36. The van der Waals surface area contributed by atoms with Crippen LogP contribution in [0.1, 0.15) is 22.1 Å². The van der Waals surface area contributed by atoms with Gasteiger partial charge in [0.2, 0.25) is 5.89 Å². The van der Waals surface area contributed by atoms with Crippen LogP contribution in [-0.4, -0.2) is 21.0 Å². The number of thiazole rings is 1. The Balaban J connectivity index is 1.49. The van der Waals surface area contributed by atoms with Crippen LogP contribution in [0.4, 0.5) is 5.13 Å². The highest BCUT2D eigenvalue weighted by molar-refractivity contribution is 7.98. The molecule has 0 saturated carbocycles. The molecule has 2 heterocycles. The second kappa shape index (κ2) is 9.18. The number of thioether (sulfide) groups is 1. The van der Waals surface area contributed by atoms with Gasteiger partial charge in [0.15, 0.2) is 11.0 Å². The molecule has 0 aliphatic carbocycles. The molecule has 6 nitrogen and oxygen atoms in total. The Labute approximate surface area is 190 Å². The van der Waals surface area contributed by atoms with Crippen LogP contribution in [0.5, 0.6) is 0 Å². The fourth-order valence-electron chi connectivity index (χ4n) is 2.63. The first-order chi connectivity index (χ1) is 14.5. The van der Waals surface area contributed by atoms with E-state index < -0.39 is 0 Å². The number of anilines is 1. The summed E-state index contributed by atoms with van der Waals surface area (Å²) in [7, 11) is 0. The molecule has 0 bridgehead atoms. The number of hydrogen-bond acceptors (Lipinski definition) is 7. The van der Waals surface area contributed by atoms with Gasteiger partial charge in [-0.3, -0.25) is 10.1 Å². The highest BCUT2D eigenvalue weighted by Gasteiger charge is 2.16. The van der Waals surface area contributed by atoms with Crippen LogP contribution >= 0.6 is 46.3 Å². The largest absolute Gasteiger partial charge is 0.338 e. The highest BCUT2D eigenvalue weighted by atomic mass is 35.5. The summed E-state index contributed by atoms with van der Waals surface area (Å²) in [6.07, 6.45) is 0. The predicted octanol–water partition coefficient (Wildman–Crippen LogP) is 6.35. The summed E-state index contributed by atoms with van der Waals surface area (Å²) >= 11 is 15.1. The Morgan fingerprint density at radius 1 is 1.20 bits per heavy atom. The van der Waals surface area contributed by atoms with Crippen molar-refractivity contribution in [2.75, 3.05) is 5.32 Å². The summed E-state index contributed by atoms with van der Waals surface area (Å²) in [5, 5.41) is 10.0. The fraction of sp³-hybridized carbons (Fsp3) is 0.100. The van der Waals surface area contributed by atoms with E-state index in [0.717, 1.165) is 4.90 Å². The summed E-state index contributed by atoms with van der Waals surface area (Å²) in [6, 6.07) is 12.5. The van der Waals surface area contributed by atoms with Crippen molar-refractivity contribution in [3.05, 3.63) is 75.2 Å². The topological polar surface area (TPSA) is 80.9 Å². The number of rotatable bonds is 6. The monoisotopic (exact) mass is 476 g/mol. The molecule has 0 saturated heterocycles. The second-order valence-electron chi connectivity index (χ2n) is 6.14. The van der Waals surface area contributed by atoms with Gasteiger partial charge in [-0.05, 0) is 37.3 Å². The SMILES string of the molecule is Cc1noc(CSc2ccccc2C(=O)Nc2nc(-c3cc(Cl)ccc3Cl)cs2)n1. The molecule has 10 heteroatoms. The zero-order valence-electron chi connectivity index (χ0n) is 15.6. The third-order valence-electron chi connectivity index (χ3n) is 3.98. The molecule has 0 fully saturated rings. The van der Waals surface area contributed by atoms with Crippen molar-refractivity contribution in [1.82, 2.24) is 15.1 Å². The van der Waals surface area contributed by atoms with E-state index in [-0.39, 0.29) is 5.91 Å². The molecule has 1 amide bonds. The number of aryl methyl sites for hydroxylation is 1. The van der Waals surface area contributed by atoms with Crippen molar-refractivity contribution < 1.29 is 9.32 Å².